The summed E-state index contributed by atoms with van der Waals surface area (Å²) in [6, 6.07) is 11.6. The fourth-order valence-electron chi connectivity index (χ4n) is 3.13. The normalized spacial score (nSPS) is 17.8. The van der Waals surface area contributed by atoms with Crippen LogP contribution in [-0.2, 0) is 0 Å². The zero-order valence-corrected chi connectivity index (χ0v) is 13.2. The van der Waals surface area contributed by atoms with Crippen molar-refractivity contribution in [3.05, 3.63) is 60.3 Å². The molecule has 24 heavy (non-hydrogen) atoms. The first-order valence-corrected chi connectivity index (χ1v) is 8.10. The molecule has 3 heterocycles. The number of hydrogen-bond donors (Lipinski definition) is 1. The fraction of sp³-hybridized carbons (Fsp3) is 0.278. The lowest BCUT2D eigenvalue weighted by Crippen LogP contribution is -2.39. The summed E-state index contributed by atoms with van der Waals surface area (Å²) in [5, 5.41) is 7.38. The summed E-state index contributed by atoms with van der Waals surface area (Å²) in [4.78, 5) is 19.0. The van der Waals surface area contributed by atoms with Crippen molar-refractivity contribution < 1.29 is 9.21 Å². The average molecular weight is 322 g/mol. The van der Waals surface area contributed by atoms with Crippen LogP contribution in [0.4, 0.5) is 0 Å². The summed E-state index contributed by atoms with van der Waals surface area (Å²) in [6.45, 7) is 1.41. The minimum Gasteiger partial charge on any atom is -0.472 e. The molecule has 2 aromatic heterocycles. The molecule has 0 spiro atoms. The summed E-state index contributed by atoms with van der Waals surface area (Å²) in [5.41, 5.74) is 1.58. The maximum absolute atomic E-state index is 12.5. The van der Waals surface area contributed by atoms with Gasteiger partial charge in [-0.15, -0.1) is 0 Å². The molecule has 122 valence electrons. The van der Waals surface area contributed by atoms with Crippen molar-refractivity contribution in [3.63, 3.8) is 0 Å². The number of carbonyl (C=O) groups excluding carboxylic acids is 1. The lowest BCUT2D eigenvalue weighted by molar-refractivity contribution is 0.0704. The molecule has 1 N–H and O–H groups in total. The van der Waals surface area contributed by atoms with Crippen LogP contribution in [0.25, 0.3) is 11.4 Å². The van der Waals surface area contributed by atoms with Crippen LogP contribution < -0.4 is 0 Å². The molecule has 0 radical (unpaired) electrons. The zero-order chi connectivity index (χ0) is 16.4. The van der Waals surface area contributed by atoms with Crippen molar-refractivity contribution >= 4 is 5.91 Å². The number of benzene rings is 1. The summed E-state index contributed by atoms with van der Waals surface area (Å²) < 4.78 is 5.01. The number of aromatic amines is 1. The molecule has 6 heteroatoms. The van der Waals surface area contributed by atoms with Gasteiger partial charge < -0.3 is 9.32 Å². The number of carbonyl (C=O) groups is 1. The SMILES string of the molecule is O=C(c1ccoc1)N1CCCC(c2nc(-c3ccccc3)n[nH]2)C1. The number of piperidine rings is 1. The van der Waals surface area contributed by atoms with E-state index in [0.717, 1.165) is 30.8 Å². The Bertz CT molecular complexity index is 811. The second kappa shape index (κ2) is 6.31. The summed E-state index contributed by atoms with van der Waals surface area (Å²) in [6.07, 6.45) is 4.97. The monoisotopic (exact) mass is 322 g/mol. The fourth-order valence-corrected chi connectivity index (χ4v) is 3.13. The van der Waals surface area contributed by atoms with Gasteiger partial charge in [0.05, 0.1) is 11.8 Å². The molecule has 1 aliphatic heterocycles. The Hall–Kier alpha value is -2.89. The van der Waals surface area contributed by atoms with Gasteiger partial charge in [-0.3, -0.25) is 9.89 Å². The van der Waals surface area contributed by atoms with E-state index in [1.165, 1.54) is 12.5 Å². The van der Waals surface area contributed by atoms with Gasteiger partial charge in [-0.1, -0.05) is 30.3 Å². The van der Waals surface area contributed by atoms with E-state index in [1.54, 1.807) is 6.07 Å². The molecular weight excluding hydrogens is 304 g/mol. The number of H-pyrrole nitrogens is 1. The Balaban J connectivity index is 1.50. The summed E-state index contributed by atoms with van der Waals surface area (Å²) in [7, 11) is 0. The van der Waals surface area contributed by atoms with E-state index in [2.05, 4.69) is 15.2 Å². The number of rotatable bonds is 3. The predicted molar refractivity (Wildman–Crippen MR) is 88.4 cm³/mol. The van der Waals surface area contributed by atoms with E-state index >= 15 is 0 Å². The van der Waals surface area contributed by atoms with E-state index in [4.69, 9.17) is 4.42 Å². The number of nitrogens with zero attached hydrogens (tertiary/aromatic N) is 3. The maximum atomic E-state index is 12.5. The van der Waals surface area contributed by atoms with E-state index in [-0.39, 0.29) is 11.8 Å². The number of hydrogen-bond acceptors (Lipinski definition) is 4. The third-order valence-corrected chi connectivity index (χ3v) is 4.40. The number of amides is 1. The number of nitrogens with one attached hydrogen (secondary N) is 1. The van der Waals surface area contributed by atoms with Crippen molar-refractivity contribution in [2.45, 2.75) is 18.8 Å². The van der Waals surface area contributed by atoms with Crippen molar-refractivity contribution in [1.29, 1.82) is 0 Å². The molecule has 1 saturated heterocycles. The van der Waals surface area contributed by atoms with Gasteiger partial charge in [-0.2, -0.15) is 5.10 Å². The van der Waals surface area contributed by atoms with Crippen LogP contribution >= 0.6 is 0 Å². The molecule has 0 bridgehead atoms. The third kappa shape index (κ3) is 2.82. The highest BCUT2D eigenvalue weighted by molar-refractivity contribution is 5.93. The Labute approximate surface area is 139 Å². The van der Waals surface area contributed by atoms with Gasteiger partial charge >= 0.3 is 0 Å². The van der Waals surface area contributed by atoms with Gasteiger partial charge in [-0.25, -0.2) is 4.98 Å². The highest BCUT2D eigenvalue weighted by Gasteiger charge is 2.28. The van der Waals surface area contributed by atoms with E-state index in [9.17, 15) is 4.79 Å². The van der Waals surface area contributed by atoms with Crippen LogP contribution in [0.3, 0.4) is 0 Å². The van der Waals surface area contributed by atoms with Crippen LogP contribution in [0.2, 0.25) is 0 Å². The summed E-state index contributed by atoms with van der Waals surface area (Å²) in [5.74, 6) is 1.73. The van der Waals surface area contributed by atoms with Gasteiger partial charge in [0.25, 0.3) is 5.91 Å². The Morgan fingerprint density at radius 1 is 1.25 bits per heavy atom. The molecule has 3 aromatic rings. The van der Waals surface area contributed by atoms with Gasteiger partial charge in [-0.05, 0) is 18.9 Å². The van der Waals surface area contributed by atoms with Crippen LogP contribution in [0, 0.1) is 0 Å². The molecule has 1 fully saturated rings. The Morgan fingerprint density at radius 3 is 2.92 bits per heavy atom. The molecule has 1 unspecified atom stereocenters. The van der Waals surface area contributed by atoms with E-state index in [0.29, 0.717) is 17.9 Å². The second-order valence-corrected chi connectivity index (χ2v) is 6.01. The third-order valence-electron chi connectivity index (χ3n) is 4.40. The Morgan fingerprint density at radius 2 is 2.12 bits per heavy atom. The molecule has 1 amide bonds. The quantitative estimate of drug-likeness (QED) is 0.804. The lowest BCUT2D eigenvalue weighted by Gasteiger charge is -2.31. The van der Waals surface area contributed by atoms with Crippen LogP contribution in [0.1, 0.15) is 34.9 Å². The van der Waals surface area contributed by atoms with Gasteiger partial charge in [0.1, 0.15) is 12.1 Å². The average Bonchev–Trinajstić information content (AvgIpc) is 3.34. The molecule has 1 aromatic carbocycles. The highest BCUT2D eigenvalue weighted by Crippen LogP contribution is 2.27. The minimum absolute atomic E-state index is 0.0104. The van der Waals surface area contributed by atoms with Gasteiger partial charge in [0.15, 0.2) is 5.82 Å². The predicted octanol–water partition coefficient (Wildman–Crippen LogP) is 3.08. The number of likely N-dealkylation sites (tertiary alicyclic amines) is 1. The zero-order valence-electron chi connectivity index (χ0n) is 13.2. The molecule has 6 nitrogen and oxygen atoms in total. The summed E-state index contributed by atoms with van der Waals surface area (Å²) >= 11 is 0. The van der Waals surface area contributed by atoms with Gasteiger partial charge in [0.2, 0.25) is 0 Å². The molecular formula is C18H18N4O2. The lowest BCUT2D eigenvalue weighted by atomic mass is 9.97. The van der Waals surface area contributed by atoms with Crippen molar-refractivity contribution in [1.82, 2.24) is 20.1 Å². The first-order valence-electron chi connectivity index (χ1n) is 8.10. The number of furan rings is 1. The minimum atomic E-state index is 0.0104. The number of aromatic nitrogens is 3. The van der Waals surface area contributed by atoms with Crippen molar-refractivity contribution in [2.75, 3.05) is 13.1 Å². The smallest absolute Gasteiger partial charge is 0.257 e. The van der Waals surface area contributed by atoms with Crippen molar-refractivity contribution in [2.24, 2.45) is 0 Å². The van der Waals surface area contributed by atoms with Crippen LogP contribution in [0.15, 0.2) is 53.3 Å². The van der Waals surface area contributed by atoms with Crippen molar-refractivity contribution in [3.8, 4) is 11.4 Å². The molecule has 1 aliphatic rings. The molecule has 4 rings (SSSR count). The largest absolute Gasteiger partial charge is 0.472 e. The molecule has 0 aliphatic carbocycles. The second-order valence-electron chi connectivity index (χ2n) is 6.01. The Kier molecular flexibility index (Phi) is 3.86. The van der Waals surface area contributed by atoms with E-state index < -0.39 is 0 Å². The maximum Gasteiger partial charge on any atom is 0.257 e. The first-order chi connectivity index (χ1) is 11.8. The van der Waals surface area contributed by atoms with Gasteiger partial charge in [0, 0.05) is 24.6 Å². The molecule has 1 atom stereocenters. The van der Waals surface area contributed by atoms with Crippen LogP contribution in [-0.4, -0.2) is 39.1 Å². The standard InChI is InChI=1S/C18H18N4O2/c23-18(15-8-10-24-12-15)22-9-4-7-14(11-22)17-19-16(20-21-17)13-5-2-1-3-6-13/h1-3,5-6,8,10,12,14H,4,7,9,11H2,(H,19,20,21). The molecule has 0 saturated carbocycles. The first kappa shape index (κ1) is 14.7. The highest BCUT2D eigenvalue weighted by atomic mass is 16.3. The van der Waals surface area contributed by atoms with E-state index in [1.807, 2.05) is 35.2 Å². The topological polar surface area (TPSA) is 75.0 Å². The van der Waals surface area contributed by atoms with Crippen LogP contribution in [0.5, 0.6) is 0 Å².